The van der Waals surface area contributed by atoms with Gasteiger partial charge >= 0.3 is 0 Å². The first-order valence-electron chi connectivity index (χ1n) is 11.2. The lowest BCUT2D eigenvalue weighted by Crippen LogP contribution is -2.26. The summed E-state index contributed by atoms with van der Waals surface area (Å²) in [5, 5.41) is 5.05. The maximum Gasteiger partial charge on any atom is 0.134 e. The fraction of sp³-hybridized carbons (Fsp3) is 0.296. The van der Waals surface area contributed by atoms with E-state index in [1.165, 1.54) is 0 Å². The number of aliphatic imine (C=N–C) groups is 1. The minimum atomic E-state index is -0.124. The summed E-state index contributed by atoms with van der Waals surface area (Å²) in [6, 6.07) is 21.4. The largest absolute Gasteiger partial charge is 0.497 e. The standard InChI is InChI=1S/C27H28Cl2N2O2/c1-4-21(5-2)33-24-16-22(32-3)14-15-23(24)27-30-25(17-6-10-19(28)11-7-17)26(31-27)18-8-12-20(29)13-9-18/h6-16,21,25-26H,4-5H2,1-3H3,(H,30,31)/t25-,26+. The topological polar surface area (TPSA) is 42.9 Å². The predicted molar refractivity (Wildman–Crippen MR) is 136 cm³/mol. The number of halogens is 2. The minimum absolute atomic E-state index is 0.0541. The van der Waals surface area contributed by atoms with E-state index in [-0.39, 0.29) is 18.2 Å². The molecule has 1 aliphatic rings. The Balaban J connectivity index is 1.76. The van der Waals surface area contributed by atoms with E-state index in [1.54, 1.807) is 7.11 Å². The molecule has 4 nitrogen and oxygen atoms in total. The highest BCUT2D eigenvalue weighted by molar-refractivity contribution is 6.30. The number of hydrogen-bond donors (Lipinski definition) is 1. The number of methoxy groups -OCH3 is 1. The molecule has 0 amide bonds. The van der Waals surface area contributed by atoms with Crippen molar-refractivity contribution in [2.24, 2.45) is 4.99 Å². The minimum Gasteiger partial charge on any atom is -0.497 e. The molecule has 33 heavy (non-hydrogen) atoms. The second-order valence-electron chi connectivity index (χ2n) is 8.07. The van der Waals surface area contributed by atoms with Gasteiger partial charge in [0.15, 0.2) is 0 Å². The SMILES string of the molecule is CCC(CC)Oc1cc(OC)ccc1C1=N[C@@H](c2ccc(Cl)cc2)[C@@H](c2ccc(Cl)cc2)N1. The number of nitrogens with zero attached hydrogens (tertiary/aromatic N) is 1. The van der Waals surface area contributed by atoms with Crippen molar-refractivity contribution < 1.29 is 9.47 Å². The summed E-state index contributed by atoms with van der Waals surface area (Å²) in [6.07, 6.45) is 1.97. The molecule has 6 heteroatoms. The fourth-order valence-electron chi connectivity index (χ4n) is 4.04. The van der Waals surface area contributed by atoms with Crippen LogP contribution in [0.4, 0.5) is 0 Å². The molecule has 2 atom stereocenters. The summed E-state index contributed by atoms with van der Waals surface area (Å²) < 4.78 is 11.8. The predicted octanol–water partition coefficient (Wildman–Crippen LogP) is 7.40. The summed E-state index contributed by atoms with van der Waals surface area (Å²) in [5.74, 6) is 2.31. The molecule has 0 saturated carbocycles. The maximum absolute atomic E-state index is 6.38. The van der Waals surface area contributed by atoms with Crippen molar-refractivity contribution >= 4 is 29.0 Å². The summed E-state index contributed by atoms with van der Waals surface area (Å²) in [6.45, 7) is 4.26. The van der Waals surface area contributed by atoms with Crippen molar-refractivity contribution in [1.82, 2.24) is 5.32 Å². The molecule has 0 radical (unpaired) electrons. The molecule has 3 aromatic rings. The molecule has 3 aromatic carbocycles. The third-order valence-corrected chi connectivity index (χ3v) is 6.47. The highest BCUT2D eigenvalue weighted by atomic mass is 35.5. The van der Waals surface area contributed by atoms with Gasteiger partial charge < -0.3 is 14.8 Å². The van der Waals surface area contributed by atoms with Crippen molar-refractivity contribution in [2.75, 3.05) is 7.11 Å². The van der Waals surface area contributed by atoms with E-state index in [0.717, 1.165) is 46.9 Å². The van der Waals surface area contributed by atoms with Crippen LogP contribution < -0.4 is 14.8 Å². The number of nitrogens with one attached hydrogen (secondary N) is 1. The maximum atomic E-state index is 6.38. The molecule has 4 rings (SSSR count). The molecule has 0 bridgehead atoms. The highest BCUT2D eigenvalue weighted by Gasteiger charge is 2.33. The molecule has 1 aliphatic heterocycles. The van der Waals surface area contributed by atoms with Gasteiger partial charge in [-0.3, -0.25) is 4.99 Å². The van der Waals surface area contributed by atoms with Gasteiger partial charge in [-0.2, -0.15) is 0 Å². The van der Waals surface area contributed by atoms with Gasteiger partial charge in [0.1, 0.15) is 23.4 Å². The van der Waals surface area contributed by atoms with Crippen molar-refractivity contribution in [1.29, 1.82) is 0 Å². The zero-order valence-corrected chi connectivity index (χ0v) is 20.5. The van der Waals surface area contributed by atoms with Crippen molar-refractivity contribution in [3.05, 3.63) is 93.5 Å². The van der Waals surface area contributed by atoms with Gasteiger partial charge in [-0.15, -0.1) is 0 Å². The van der Waals surface area contributed by atoms with Gasteiger partial charge in [-0.1, -0.05) is 61.3 Å². The average molecular weight is 483 g/mol. The van der Waals surface area contributed by atoms with Gasteiger partial charge in [0, 0.05) is 16.1 Å². The van der Waals surface area contributed by atoms with Crippen LogP contribution in [0.15, 0.2) is 71.7 Å². The van der Waals surface area contributed by atoms with E-state index in [9.17, 15) is 0 Å². The van der Waals surface area contributed by atoms with E-state index in [1.807, 2.05) is 66.7 Å². The second kappa shape index (κ2) is 10.5. The third kappa shape index (κ3) is 5.29. The lowest BCUT2D eigenvalue weighted by Gasteiger charge is -2.21. The zero-order valence-electron chi connectivity index (χ0n) is 19.0. The molecule has 172 valence electrons. The monoisotopic (exact) mass is 482 g/mol. The Bertz CT molecular complexity index is 1110. The zero-order chi connectivity index (χ0) is 23.4. The first kappa shape index (κ1) is 23.5. The van der Waals surface area contributed by atoms with Gasteiger partial charge in [0.2, 0.25) is 0 Å². The van der Waals surface area contributed by atoms with Gasteiger partial charge in [0.25, 0.3) is 0 Å². The smallest absolute Gasteiger partial charge is 0.134 e. The number of ether oxygens (including phenoxy) is 2. The lowest BCUT2D eigenvalue weighted by atomic mass is 9.95. The average Bonchev–Trinajstić information content (AvgIpc) is 3.28. The van der Waals surface area contributed by atoms with Gasteiger partial charge in [-0.05, 0) is 60.4 Å². The number of benzene rings is 3. The first-order valence-corrected chi connectivity index (χ1v) is 12.0. The Morgan fingerprint density at radius 1 is 0.879 bits per heavy atom. The summed E-state index contributed by atoms with van der Waals surface area (Å²) in [7, 11) is 1.66. The number of amidine groups is 1. The Labute approximate surface area is 205 Å². The molecule has 0 saturated heterocycles. The van der Waals surface area contributed by atoms with Crippen LogP contribution in [0.2, 0.25) is 10.0 Å². The molecular weight excluding hydrogens is 455 g/mol. The van der Waals surface area contributed by atoms with E-state index in [4.69, 9.17) is 37.7 Å². The van der Waals surface area contributed by atoms with Crippen LogP contribution in [0.25, 0.3) is 0 Å². The number of hydrogen-bond acceptors (Lipinski definition) is 4. The summed E-state index contributed by atoms with van der Waals surface area (Å²) >= 11 is 12.3. The van der Waals surface area contributed by atoms with Crippen LogP contribution in [-0.2, 0) is 0 Å². The van der Waals surface area contributed by atoms with Gasteiger partial charge in [-0.25, -0.2) is 0 Å². The quantitative estimate of drug-likeness (QED) is 0.363. The van der Waals surface area contributed by atoms with E-state index < -0.39 is 0 Å². The van der Waals surface area contributed by atoms with Crippen molar-refractivity contribution in [3.63, 3.8) is 0 Å². The fourth-order valence-corrected chi connectivity index (χ4v) is 4.30. The molecule has 0 unspecified atom stereocenters. The van der Waals surface area contributed by atoms with Gasteiger partial charge in [0.05, 0.1) is 24.8 Å². The molecule has 1 N–H and O–H groups in total. The Morgan fingerprint density at radius 2 is 1.48 bits per heavy atom. The highest BCUT2D eigenvalue weighted by Crippen LogP contribution is 2.39. The first-order chi connectivity index (χ1) is 16.0. The normalized spacial score (nSPS) is 17.6. The molecule has 0 aliphatic carbocycles. The second-order valence-corrected chi connectivity index (χ2v) is 8.94. The Hall–Kier alpha value is -2.69. The molecular formula is C27H28Cl2N2O2. The number of rotatable bonds is 8. The molecule has 0 fully saturated rings. The molecule has 0 aromatic heterocycles. The van der Waals surface area contributed by atoms with Crippen LogP contribution in [0, 0.1) is 0 Å². The van der Waals surface area contributed by atoms with Crippen molar-refractivity contribution in [2.45, 2.75) is 44.9 Å². The van der Waals surface area contributed by atoms with E-state index >= 15 is 0 Å². The summed E-state index contributed by atoms with van der Waals surface area (Å²) in [4.78, 5) is 5.12. The van der Waals surface area contributed by atoms with E-state index in [0.29, 0.717) is 10.0 Å². The van der Waals surface area contributed by atoms with Crippen LogP contribution in [0.1, 0.15) is 55.5 Å². The van der Waals surface area contributed by atoms with Crippen LogP contribution in [-0.4, -0.2) is 19.0 Å². The summed E-state index contributed by atoms with van der Waals surface area (Å²) in [5.41, 5.74) is 3.10. The molecule has 1 heterocycles. The Morgan fingerprint density at radius 3 is 2.06 bits per heavy atom. The van der Waals surface area contributed by atoms with Crippen molar-refractivity contribution in [3.8, 4) is 11.5 Å². The lowest BCUT2D eigenvalue weighted by molar-refractivity contribution is 0.192. The van der Waals surface area contributed by atoms with E-state index in [2.05, 4.69) is 19.2 Å². The Kier molecular flexibility index (Phi) is 7.46. The third-order valence-electron chi connectivity index (χ3n) is 5.97. The molecule has 0 spiro atoms. The van der Waals surface area contributed by atoms with Crippen LogP contribution >= 0.6 is 23.2 Å². The van der Waals surface area contributed by atoms with Crippen LogP contribution in [0.5, 0.6) is 11.5 Å². The van der Waals surface area contributed by atoms with Crippen LogP contribution in [0.3, 0.4) is 0 Å².